The molecule has 1 unspecified atom stereocenters. The van der Waals surface area contributed by atoms with Gasteiger partial charge in [-0.2, -0.15) is 0 Å². The van der Waals surface area contributed by atoms with Crippen LogP contribution < -0.4 is 4.90 Å². The molecule has 0 saturated carbocycles. The summed E-state index contributed by atoms with van der Waals surface area (Å²) in [5.41, 5.74) is 8.57. The number of likely N-dealkylation sites (N-methyl/N-ethyl adjacent to an activating group) is 1. The molecule has 2 aromatic rings. The number of nitrogens with zero attached hydrogens (tertiary/aromatic N) is 2. The van der Waals surface area contributed by atoms with E-state index in [9.17, 15) is 0 Å². The quantitative estimate of drug-likeness (QED) is 0.276. The van der Waals surface area contributed by atoms with Crippen LogP contribution in [0.1, 0.15) is 50.8 Å². The first-order valence-corrected chi connectivity index (χ1v) is 12.5. The first-order chi connectivity index (χ1) is 16.6. The van der Waals surface area contributed by atoms with E-state index in [0.29, 0.717) is 5.92 Å². The molecule has 1 heterocycles. The second kappa shape index (κ2) is 12.7. The van der Waals surface area contributed by atoms with Crippen LogP contribution in [0.5, 0.6) is 0 Å². The zero-order chi connectivity index (χ0) is 24.3. The lowest BCUT2D eigenvalue weighted by molar-refractivity contribution is 0.670. The molecule has 1 aliphatic rings. The van der Waals surface area contributed by atoms with Gasteiger partial charge in [-0.15, -0.1) is 0 Å². The van der Waals surface area contributed by atoms with Gasteiger partial charge in [0.05, 0.1) is 5.71 Å². The van der Waals surface area contributed by atoms with Crippen molar-refractivity contribution in [2.45, 2.75) is 41.0 Å². The number of hydrogen-bond donors (Lipinski definition) is 0. The molecule has 2 heteroatoms. The SMILES string of the molecule is CC/N=C(C=CC(=CC=C1C=Cc2ccccc2N1CC)C(C)CC)/C=C\c1ccccc1C. The summed E-state index contributed by atoms with van der Waals surface area (Å²) in [7, 11) is 0. The smallest absolute Gasteiger partial charge is 0.0574 e. The number of anilines is 1. The molecule has 0 saturated heterocycles. The van der Waals surface area contributed by atoms with Crippen molar-refractivity contribution in [2.75, 3.05) is 18.0 Å². The maximum atomic E-state index is 4.71. The minimum Gasteiger partial charge on any atom is -0.341 e. The van der Waals surface area contributed by atoms with Crippen molar-refractivity contribution in [2.24, 2.45) is 10.9 Å². The van der Waals surface area contributed by atoms with Gasteiger partial charge in [-0.25, -0.2) is 0 Å². The van der Waals surface area contributed by atoms with Gasteiger partial charge in [-0.05, 0) is 85.7 Å². The van der Waals surface area contributed by atoms with Crippen LogP contribution in [0.2, 0.25) is 0 Å². The molecule has 0 amide bonds. The van der Waals surface area contributed by atoms with Gasteiger partial charge in [0.15, 0.2) is 0 Å². The van der Waals surface area contributed by atoms with E-state index in [4.69, 9.17) is 4.99 Å². The highest BCUT2D eigenvalue weighted by Crippen LogP contribution is 2.30. The minimum absolute atomic E-state index is 0.464. The fourth-order valence-electron chi connectivity index (χ4n) is 4.05. The first kappa shape index (κ1) is 25.2. The average molecular weight is 451 g/mol. The van der Waals surface area contributed by atoms with Gasteiger partial charge in [0.2, 0.25) is 0 Å². The predicted octanol–water partition coefficient (Wildman–Crippen LogP) is 8.44. The van der Waals surface area contributed by atoms with Crippen LogP contribution in [-0.2, 0) is 0 Å². The predicted molar refractivity (Wildman–Crippen MR) is 151 cm³/mol. The Balaban J connectivity index is 1.87. The summed E-state index contributed by atoms with van der Waals surface area (Å²) in [5, 5.41) is 0. The van der Waals surface area contributed by atoms with Crippen molar-refractivity contribution < 1.29 is 0 Å². The molecule has 176 valence electrons. The van der Waals surface area contributed by atoms with E-state index >= 15 is 0 Å². The van der Waals surface area contributed by atoms with Crippen molar-refractivity contribution in [1.82, 2.24) is 0 Å². The zero-order valence-electron chi connectivity index (χ0n) is 21.3. The molecule has 0 N–H and O–H groups in total. The van der Waals surface area contributed by atoms with Crippen LogP contribution in [0.3, 0.4) is 0 Å². The van der Waals surface area contributed by atoms with Gasteiger partial charge < -0.3 is 4.90 Å². The lowest BCUT2D eigenvalue weighted by Crippen LogP contribution is -2.23. The number of hydrogen-bond acceptors (Lipinski definition) is 2. The molecule has 34 heavy (non-hydrogen) atoms. The van der Waals surface area contributed by atoms with E-state index in [-0.39, 0.29) is 0 Å². The van der Waals surface area contributed by atoms with Gasteiger partial charge in [-0.1, -0.05) is 80.6 Å². The van der Waals surface area contributed by atoms with E-state index in [0.717, 1.165) is 25.2 Å². The van der Waals surface area contributed by atoms with Crippen molar-refractivity contribution in [3.63, 3.8) is 0 Å². The molecular formula is C32H38N2. The number of aryl methyl sites for hydroxylation is 1. The summed E-state index contributed by atoms with van der Waals surface area (Å²) < 4.78 is 0. The largest absolute Gasteiger partial charge is 0.341 e. The van der Waals surface area contributed by atoms with E-state index in [1.165, 1.54) is 33.6 Å². The first-order valence-electron chi connectivity index (χ1n) is 12.5. The number of allylic oxidation sites excluding steroid dienone is 7. The third-order valence-corrected chi connectivity index (χ3v) is 6.33. The van der Waals surface area contributed by atoms with Crippen LogP contribution in [0, 0.1) is 12.8 Å². The molecule has 3 rings (SSSR count). The standard InChI is InChI=1S/C32H38N2/c1-6-25(4)28(18-22-30(33-7-2)21-17-27-14-10-9-13-26(27)5)19-23-31-24-20-29-15-11-12-16-32(29)34(31)8-3/h9-25H,6-8H2,1-5H3/b21-17-,22-18?,28-19?,31-23?,33-30-. The van der Waals surface area contributed by atoms with Gasteiger partial charge >= 0.3 is 0 Å². The molecule has 1 atom stereocenters. The molecule has 1 aliphatic heterocycles. The lowest BCUT2D eigenvalue weighted by atomic mass is 9.96. The Morgan fingerprint density at radius 1 is 0.941 bits per heavy atom. The number of fused-ring (bicyclic) bond motifs is 1. The van der Waals surface area contributed by atoms with Gasteiger partial charge in [-0.3, -0.25) is 4.99 Å². The lowest BCUT2D eigenvalue weighted by Gasteiger charge is -2.29. The summed E-state index contributed by atoms with van der Waals surface area (Å²) in [6.45, 7) is 12.7. The van der Waals surface area contributed by atoms with Gasteiger partial charge in [0.1, 0.15) is 0 Å². The maximum Gasteiger partial charge on any atom is 0.0574 e. The normalized spacial score (nSPS) is 16.6. The number of para-hydroxylation sites is 1. The average Bonchev–Trinajstić information content (AvgIpc) is 2.87. The molecule has 0 spiro atoms. The van der Waals surface area contributed by atoms with Crippen molar-refractivity contribution >= 4 is 23.6 Å². The van der Waals surface area contributed by atoms with E-state index < -0.39 is 0 Å². The van der Waals surface area contributed by atoms with Crippen LogP contribution in [-0.4, -0.2) is 18.8 Å². The fraction of sp³-hybridized carbons (Fsp3) is 0.281. The molecule has 0 fully saturated rings. The van der Waals surface area contributed by atoms with Crippen LogP contribution in [0.4, 0.5) is 5.69 Å². The van der Waals surface area contributed by atoms with Crippen LogP contribution >= 0.6 is 0 Å². The molecule has 2 aromatic carbocycles. The summed E-state index contributed by atoms with van der Waals surface area (Å²) in [6, 6.07) is 17.0. The molecule has 0 aromatic heterocycles. The fourth-order valence-corrected chi connectivity index (χ4v) is 4.05. The minimum atomic E-state index is 0.464. The van der Waals surface area contributed by atoms with Crippen LogP contribution in [0.25, 0.3) is 12.2 Å². The Morgan fingerprint density at radius 2 is 1.71 bits per heavy atom. The third kappa shape index (κ3) is 6.57. The van der Waals surface area contributed by atoms with Crippen molar-refractivity contribution in [3.8, 4) is 0 Å². The molecule has 2 nitrogen and oxygen atoms in total. The zero-order valence-corrected chi connectivity index (χ0v) is 21.3. The Hall–Kier alpha value is -3.39. The monoisotopic (exact) mass is 450 g/mol. The molecule has 0 bridgehead atoms. The summed E-state index contributed by atoms with van der Waals surface area (Å²) in [6.07, 6.45) is 18.7. The topological polar surface area (TPSA) is 15.6 Å². The number of aliphatic imine (C=N–C) groups is 1. The Bertz CT molecular complexity index is 1140. The Kier molecular flexibility index (Phi) is 9.46. The summed E-state index contributed by atoms with van der Waals surface area (Å²) in [4.78, 5) is 7.08. The van der Waals surface area contributed by atoms with E-state index in [1.807, 2.05) is 0 Å². The van der Waals surface area contributed by atoms with E-state index in [1.54, 1.807) is 0 Å². The van der Waals surface area contributed by atoms with Crippen LogP contribution in [0.15, 0.2) is 101 Å². The Morgan fingerprint density at radius 3 is 2.44 bits per heavy atom. The van der Waals surface area contributed by atoms with Crippen molar-refractivity contribution in [3.05, 3.63) is 113 Å². The highest BCUT2D eigenvalue weighted by Gasteiger charge is 2.14. The van der Waals surface area contributed by atoms with Crippen molar-refractivity contribution in [1.29, 1.82) is 0 Å². The Labute approximate surface area is 206 Å². The third-order valence-electron chi connectivity index (χ3n) is 6.33. The second-order valence-electron chi connectivity index (χ2n) is 8.63. The maximum absolute atomic E-state index is 4.71. The highest BCUT2D eigenvalue weighted by atomic mass is 15.1. The summed E-state index contributed by atoms with van der Waals surface area (Å²) >= 11 is 0. The highest BCUT2D eigenvalue weighted by molar-refractivity contribution is 6.06. The molecule has 0 radical (unpaired) electrons. The number of rotatable bonds is 9. The summed E-state index contributed by atoms with van der Waals surface area (Å²) in [5.74, 6) is 0.464. The second-order valence-corrected chi connectivity index (χ2v) is 8.63. The van der Waals surface area contributed by atoms with Gasteiger partial charge in [0, 0.05) is 24.5 Å². The van der Waals surface area contributed by atoms with E-state index in [2.05, 4.69) is 137 Å². The van der Waals surface area contributed by atoms with Gasteiger partial charge in [0.25, 0.3) is 0 Å². The number of benzene rings is 2. The molecule has 0 aliphatic carbocycles. The molecular weight excluding hydrogens is 412 g/mol.